The summed E-state index contributed by atoms with van der Waals surface area (Å²) in [4.78, 5) is 50.5. The van der Waals surface area contributed by atoms with Gasteiger partial charge in [-0.25, -0.2) is 9.89 Å². The Kier molecular flexibility index (Phi) is 5.52. The first-order chi connectivity index (χ1) is 15.0. The number of nitrogens with zero attached hydrogens (tertiary/aromatic N) is 3. The van der Waals surface area contributed by atoms with Crippen LogP contribution < -0.4 is 15.8 Å². The number of carbonyl (C=O) groups is 3. The number of aromatic amines is 1. The minimum absolute atomic E-state index is 0.0863. The molecule has 3 aliphatic heterocycles. The quantitative estimate of drug-likeness (QED) is 0.560. The zero-order valence-electron chi connectivity index (χ0n) is 16.8. The predicted molar refractivity (Wildman–Crippen MR) is 111 cm³/mol. The number of esters is 1. The lowest BCUT2D eigenvalue weighted by molar-refractivity contribution is -0.126. The zero-order chi connectivity index (χ0) is 22.0. The van der Waals surface area contributed by atoms with Crippen LogP contribution in [0.4, 0.5) is 5.69 Å². The van der Waals surface area contributed by atoms with Crippen LogP contribution in [0, 0.1) is 5.92 Å². The Hall–Kier alpha value is -3.95. The maximum atomic E-state index is 12.6. The molecule has 1 atom stereocenters. The molecule has 0 aliphatic carbocycles. The summed E-state index contributed by atoms with van der Waals surface area (Å²) >= 11 is 0. The van der Waals surface area contributed by atoms with E-state index in [0.29, 0.717) is 13.1 Å². The Balaban J connectivity index is 1.40. The fourth-order valence-electron chi connectivity index (χ4n) is 3.67. The lowest BCUT2D eigenvalue weighted by atomic mass is 10.1. The average molecular weight is 423 g/mol. The van der Waals surface area contributed by atoms with Gasteiger partial charge in [0.25, 0.3) is 5.56 Å². The number of anilines is 1. The number of carbonyl (C=O) groups excluding carboxylic acids is 3. The third-order valence-corrected chi connectivity index (χ3v) is 5.25. The maximum absolute atomic E-state index is 12.6. The van der Waals surface area contributed by atoms with Gasteiger partial charge in [0.15, 0.2) is 0 Å². The standard InChI is InChI=1S/C21H21N5O5/c1-31-21(30)16-12-25(11-15-18(16)23-24-20(15)29)8-7-22-19(28)13-9-17(27)26(10-13)14-5-3-2-4-6-14/h2-6,11-13H,7-10H2,1H3,(H,22,28)(H,24,29). The molecule has 0 bridgehead atoms. The molecule has 3 aliphatic rings. The van der Waals surface area contributed by atoms with Gasteiger partial charge in [-0.15, -0.1) is 0 Å². The van der Waals surface area contributed by atoms with Crippen LogP contribution in [-0.4, -0.2) is 52.7 Å². The largest absolute Gasteiger partial charge is 0.465 e. The van der Waals surface area contributed by atoms with E-state index in [9.17, 15) is 19.2 Å². The summed E-state index contributed by atoms with van der Waals surface area (Å²) in [6.07, 6.45) is 3.24. The van der Waals surface area contributed by atoms with Gasteiger partial charge in [0.1, 0.15) is 11.3 Å². The van der Waals surface area contributed by atoms with Crippen molar-refractivity contribution in [3.63, 3.8) is 0 Å². The molecule has 0 saturated carbocycles. The normalized spacial score (nSPS) is 16.0. The van der Waals surface area contributed by atoms with Crippen LogP contribution in [-0.2, 0) is 20.9 Å². The van der Waals surface area contributed by atoms with Crippen LogP contribution in [0.25, 0.3) is 11.3 Å². The molecule has 160 valence electrons. The Morgan fingerprint density at radius 1 is 1.23 bits per heavy atom. The zero-order valence-corrected chi connectivity index (χ0v) is 16.8. The summed E-state index contributed by atoms with van der Waals surface area (Å²) in [7, 11) is 1.25. The Morgan fingerprint density at radius 3 is 2.74 bits per heavy atom. The highest BCUT2D eigenvalue weighted by Crippen LogP contribution is 2.25. The predicted octanol–water partition coefficient (Wildman–Crippen LogP) is 0.632. The van der Waals surface area contributed by atoms with E-state index in [1.807, 2.05) is 30.3 Å². The van der Waals surface area contributed by atoms with Crippen molar-refractivity contribution >= 4 is 23.5 Å². The van der Waals surface area contributed by atoms with Crippen molar-refractivity contribution in [2.45, 2.75) is 13.0 Å². The van der Waals surface area contributed by atoms with Crippen molar-refractivity contribution < 1.29 is 19.1 Å². The van der Waals surface area contributed by atoms with Gasteiger partial charge in [0.2, 0.25) is 11.8 Å². The number of pyridine rings is 1. The lowest BCUT2D eigenvalue weighted by Gasteiger charge is -2.17. The first-order valence-corrected chi connectivity index (χ1v) is 9.77. The van der Waals surface area contributed by atoms with Crippen LogP contribution in [0.2, 0.25) is 0 Å². The number of hydrogen-bond acceptors (Lipinski definition) is 6. The maximum Gasteiger partial charge on any atom is 0.341 e. The number of H-pyrrole nitrogens is 1. The minimum Gasteiger partial charge on any atom is -0.465 e. The summed E-state index contributed by atoms with van der Waals surface area (Å²) < 4.78 is 6.39. The van der Waals surface area contributed by atoms with Gasteiger partial charge in [-0.3, -0.25) is 14.4 Å². The number of methoxy groups -OCH3 is 1. The molecule has 0 aromatic heterocycles. The van der Waals surface area contributed by atoms with Gasteiger partial charge in [0.05, 0.1) is 18.6 Å². The Morgan fingerprint density at radius 2 is 2.00 bits per heavy atom. The van der Waals surface area contributed by atoms with Crippen molar-refractivity contribution in [2.75, 3.05) is 25.1 Å². The molecular formula is C21H21N5O5. The molecule has 10 nitrogen and oxygen atoms in total. The van der Waals surface area contributed by atoms with E-state index in [1.165, 1.54) is 13.3 Å². The topological polar surface area (TPSA) is 126 Å². The highest BCUT2D eigenvalue weighted by molar-refractivity contribution is 6.00. The van der Waals surface area contributed by atoms with Gasteiger partial charge >= 0.3 is 5.97 Å². The van der Waals surface area contributed by atoms with E-state index in [1.54, 1.807) is 15.7 Å². The van der Waals surface area contributed by atoms with Crippen LogP contribution in [0.1, 0.15) is 16.8 Å². The molecule has 10 heteroatoms. The Bertz CT molecular complexity index is 1150. The highest BCUT2D eigenvalue weighted by Gasteiger charge is 2.34. The SMILES string of the molecule is COC(=O)c1cn(CCNC(=O)C2CC(=O)N(c3ccccc3)C2)cc2c(=O)[nH]nc1-2. The second-order valence-corrected chi connectivity index (χ2v) is 7.25. The van der Waals surface area contributed by atoms with Gasteiger partial charge in [0, 0.05) is 44.1 Å². The number of hydrogen-bond donors (Lipinski definition) is 2. The number of amides is 2. The second-order valence-electron chi connectivity index (χ2n) is 7.25. The van der Waals surface area contributed by atoms with E-state index in [2.05, 4.69) is 15.5 Å². The minimum atomic E-state index is -0.611. The van der Waals surface area contributed by atoms with Crippen LogP contribution in [0.15, 0.2) is 47.5 Å². The number of nitrogens with one attached hydrogen (secondary N) is 2. The first kappa shape index (κ1) is 20.3. The lowest BCUT2D eigenvalue weighted by Crippen LogP contribution is -2.34. The van der Waals surface area contributed by atoms with E-state index in [0.717, 1.165) is 5.69 Å². The third-order valence-electron chi connectivity index (χ3n) is 5.25. The first-order valence-electron chi connectivity index (χ1n) is 9.77. The molecule has 1 saturated heterocycles. The molecule has 2 amide bonds. The molecule has 4 rings (SSSR count). The molecule has 3 heterocycles. The number of rotatable bonds is 6. The van der Waals surface area contributed by atoms with Crippen molar-refractivity contribution in [2.24, 2.45) is 5.92 Å². The van der Waals surface area contributed by atoms with E-state index in [-0.39, 0.29) is 41.6 Å². The third kappa shape index (κ3) is 4.04. The second kappa shape index (κ2) is 8.42. The van der Waals surface area contributed by atoms with Crippen molar-refractivity contribution in [3.05, 3.63) is 58.6 Å². The summed E-state index contributed by atoms with van der Waals surface area (Å²) in [6, 6.07) is 9.24. The average Bonchev–Trinajstić information content (AvgIpc) is 3.36. The number of fused-ring (bicyclic) bond motifs is 1. The van der Waals surface area contributed by atoms with Crippen LogP contribution in [0.5, 0.6) is 0 Å². The van der Waals surface area contributed by atoms with Gasteiger partial charge in [-0.05, 0) is 12.1 Å². The molecular weight excluding hydrogens is 402 g/mol. The molecule has 1 aromatic carbocycles. The molecule has 31 heavy (non-hydrogen) atoms. The van der Waals surface area contributed by atoms with Crippen molar-refractivity contribution in [1.29, 1.82) is 0 Å². The molecule has 1 unspecified atom stereocenters. The number of ether oxygens (including phenoxy) is 1. The van der Waals surface area contributed by atoms with Crippen LogP contribution in [0.3, 0.4) is 0 Å². The van der Waals surface area contributed by atoms with Crippen molar-refractivity contribution in [1.82, 2.24) is 20.1 Å². The summed E-state index contributed by atoms with van der Waals surface area (Å²) in [5, 5.41) is 9.02. The highest BCUT2D eigenvalue weighted by atomic mass is 16.5. The van der Waals surface area contributed by atoms with E-state index >= 15 is 0 Å². The molecule has 1 fully saturated rings. The summed E-state index contributed by atoms with van der Waals surface area (Å²) in [5.41, 5.74) is 1.01. The fourth-order valence-corrected chi connectivity index (χ4v) is 3.67. The van der Waals surface area contributed by atoms with E-state index < -0.39 is 17.4 Å². The molecule has 0 radical (unpaired) electrons. The monoisotopic (exact) mass is 423 g/mol. The smallest absolute Gasteiger partial charge is 0.341 e. The van der Waals surface area contributed by atoms with Crippen molar-refractivity contribution in [3.8, 4) is 11.3 Å². The van der Waals surface area contributed by atoms with Gasteiger partial charge < -0.3 is 19.5 Å². The fraction of sp³-hybridized carbons (Fsp3) is 0.286. The number of aromatic nitrogens is 3. The number of benzene rings is 1. The molecule has 0 spiro atoms. The van der Waals surface area contributed by atoms with Gasteiger partial charge in [-0.1, -0.05) is 18.2 Å². The summed E-state index contributed by atoms with van der Waals surface area (Å²) in [5.74, 6) is -1.35. The van der Waals surface area contributed by atoms with E-state index in [4.69, 9.17) is 4.74 Å². The van der Waals surface area contributed by atoms with Crippen LogP contribution >= 0.6 is 0 Å². The molecule has 2 N–H and O–H groups in total. The summed E-state index contributed by atoms with van der Waals surface area (Å²) in [6.45, 7) is 0.909. The number of para-hydroxylation sites is 1. The Labute approximate surface area is 177 Å². The van der Waals surface area contributed by atoms with Gasteiger partial charge in [-0.2, -0.15) is 5.10 Å². The molecule has 1 aromatic rings.